The standard InChI is InChI=1S/C13H22N2O/c1-11-6-8-15(9-7-11)13(16)10-14-12-4-2-3-5-12/h6,12,14H,2-5,7-10H2,1H3. The maximum atomic E-state index is 11.9. The molecule has 0 unspecified atom stereocenters. The van der Waals surface area contributed by atoms with E-state index >= 15 is 0 Å². The highest BCUT2D eigenvalue weighted by atomic mass is 16.2. The fourth-order valence-electron chi connectivity index (χ4n) is 2.47. The predicted octanol–water partition coefficient (Wildman–Crippen LogP) is 1.70. The van der Waals surface area contributed by atoms with Crippen LogP contribution in [0.3, 0.4) is 0 Å². The summed E-state index contributed by atoms with van der Waals surface area (Å²) in [6.45, 7) is 4.36. The first-order valence-electron chi connectivity index (χ1n) is 6.42. The molecule has 1 aliphatic heterocycles. The lowest BCUT2D eigenvalue weighted by molar-refractivity contribution is -0.130. The lowest BCUT2D eigenvalue weighted by Gasteiger charge is -2.26. The van der Waals surface area contributed by atoms with Crippen molar-refractivity contribution in [3.63, 3.8) is 0 Å². The maximum absolute atomic E-state index is 11.9. The van der Waals surface area contributed by atoms with Gasteiger partial charge in [-0.25, -0.2) is 0 Å². The minimum atomic E-state index is 0.260. The van der Waals surface area contributed by atoms with Crippen molar-refractivity contribution in [2.24, 2.45) is 0 Å². The van der Waals surface area contributed by atoms with Crippen LogP contribution in [0.1, 0.15) is 39.0 Å². The van der Waals surface area contributed by atoms with Crippen molar-refractivity contribution < 1.29 is 4.79 Å². The number of amides is 1. The number of hydrogen-bond donors (Lipinski definition) is 1. The number of carbonyl (C=O) groups excluding carboxylic acids is 1. The van der Waals surface area contributed by atoms with Crippen LogP contribution >= 0.6 is 0 Å². The second-order valence-corrected chi connectivity index (χ2v) is 5.00. The highest BCUT2D eigenvalue weighted by molar-refractivity contribution is 5.78. The van der Waals surface area contributed by atoms with Crippen molar-refractivity contribution in [2.75, 3.05) is 19.6 Å². The van der Waals surface area contributed by atoms with Gasteiger partial charge in [-0.1, -0.05) is 24.5 Å². The Kier molecular flexibility index (Phi) is 3.99. The summed E-state index contributed by atoms with van der Waals surface area (Å²) in [5.74, 6) is 0.260. The first kappa shape index (κ1) is 11.6. The fraction of sp³-hybridized carbons (Fsp3) is 0.769. The molecule has 1 amide bonds. The smallest absolute Gasteiger partial charge is 0.236 e. The molecule has 0 atom stereocenters. The third-order valence-electron chi connectivity index (χ3n) is 3.69. The van der Waals surface area contributed by atoms with Gasteiger partial charge in [0.2, 0.25) is 5.91 Å². The molecule has 90 valence electrons. The van der Waals surface area contributed by atoms with E-state index in [0.29, 0.717) is 12.6 Å². The Morgan fingerprint density at radius 1 is 1.50 bits per heavy atom. The summed E-state index contributed by atoms with van der Waals surface area (Å²) in [6.07, 6.45) is 8.32. The molecule has 16 heavy (non-hydrogen) atoms. The van der Waals surface area contributed by atoms with Gasteiger partial charge in [-0.2, -0.15) is 0 Å². The number of rotatable bonds is 3. The normalized spacial score (nSPS) is 22.3. The molecule has 2 aliphatic rings. The van der Waals surface area contributed by atoms with E-state index in [1.165, 1.54) is 31.3 Å². The second-order valence-electron chi connectivity index (χ2n) is 5.00. The molecular formula is C13H22N2O. The minimum Gasteiger partial charge on any atom is -0.338 e. The molecular weight excluding hydrogens is 200 g/mol. The summed E-state index contributed by atoms with van der Waals surface area (Å²) >= 11 is 0. The van der Waals surface area contributed by atoms with Crippen LogP contribution in [0.4, 0.5) is 0 Å². The summed E-state index contributed by atoms with van der Waals surface area (Å²) in [5.41, 5.74) is 1.41. The van der Waals surface area contributed by atoms with Crippen LogP contribution in [-0.4, -0.2) is 36.5 Å². The zero-order valence-electron chi connectivity index (χ0n) is 10.2. The highest BCUT2D eigenvalue weighted by Gasteiger charge is 2.19. The van der Waals surface area contributed by atoms with Crippen LogP contribution in [-0.2, 0) is 4.79 Å². The number of hydrogen-bond acceptors (Lipinski definition) is 2. The van der Waals surface area contributed by atoms with E-state index in [-0.39, 0.29) is 5.91 Å². The summed E-state index contributed by atoms with van der Waals surface area (Å²) in [4.78, 5) is 13.8. The predicted molar refractivity (Wildman–Crippen MR) is 65.2 cm³/mol. The highest BCUT2D eigenvalue weighted by Crippen LogP contribution is 2.17. The van der Waals surface area contributed by atoms with Gasteiger partial charge < -0.3 is 10.2 Å². The second kappa shape index (κ2) is 5.48. The van der Waals surface area contributed by atoms with Gasteiger partial charge in [-0.05, 0) is 26.2 Å². The van der Waals surface area contributed by atoms with Gasteiger partial charge in [-0.3, -0.25) is 4.79 Å². The number of carbonyl (C=O) groups is 1. The van der Waals surface area contributed by atoms with E-state index in [4.69, 9.17) is 0 Å². The average molecular weight is 222 g/mol. The molecule has 1 aliphatic carbocycles. The first-order chi connectivity index (χ1) is 7.75. The van der Waals surface area contributed by atoms with E-state index in [2.05, 4.69) is 18.3 Å². The molecule has 2 rings (SSSR count). The topological polar surface area (TPSA) is 32.3 Å². The summed E-state index contributed by atoms with van der Waals surface area (Å²) in [6, 6.07) is 0.589. The molecule has 0 bridgehead atoms. The van der Waals surface area contributed by atoms with Crippen molar-refractivity contribution in [2.45, 2.75) is 45.1 Å². The minimum absolute atomic E-state index is 0.260. The van der Waals surface area contributed by atoms with Crippen molar-refractivity contribution in [1.29, 1.82) is 0 Å². The average Bonchev–Trinajstić information content (AvgIpc) is 2.80. The molecule has 0 aromatic rings. The van der Waals surface area contributed by atoms with Gasteiger partial charge in [0.25, 0.3) is 0 Å². The van der Waals surface area contributed by atoms with E-state index in [1.807, 2.05) is 4.90 Å². The largest absolute Gasteiger partial charge is 0.338 e. The van der Waals surface area contributed by atoms with Gasteiger partial charge in [-0.15, -0.1) is 0 Å². The molecule has 0 saturated heterocycles. The van der Waals surface area contributed by atoms with Gasteiger partial charge in [0, 0.05) is 19.1 Å². The molecule has 1 fully saturated rings. The lowest BCUT2D eigenvalue weighted by atomic mass is 10.1. The van der Waals surface area contributed by atoms with Crippen molar-refractivity contribution in [3.05, 3.63) is 11.6 Å². The van der Waals surface area contributed by atoms with Crippen LogP contribution < -0.4 is 5.32 Å². The Hall–Kier alpha value is -0.830. The zero-order valence-corrected chi connectivity index (χ0v) is 10.2. The van der Waals surface area contributed by atoms with Crippen molar-refractivity contribution >= 4 is 5.91 Å². The van der Waals surface area contributed by atoms with E-state index in [1.54, 1.807) is 0 Å². The van der Waals surface area contributed by atoms with Crippen LogP contribution in [0.25, 0.3) is 0 Å². The molecule has 0 aromatic carbocycles. The zero-order chi connectivity index (χ0) is 11.4. The maximum Gasteiger partial charge on any atom is 0.236 e. The van der Waals surface area contributed by atoms with Crippen LogP contribution in [0, 0.1) is 0 Å². The Morgan fingerprint density at radius 2 is 2.25 bits per heavy atom. The van der Waals surface area contributed by atoms with E-state index < -0.39 is 0 Å². The fourth-order valence-corrected chi connectivity index (χ4v) is 2.47. The summed E-state index contributed by atoms with van der Waals surface area (Å²) in [5, 5.41) is 3.38. The van der Waals surface area contributed by atoms with Gasteiger partial charge in [0.05, 0.1) is 6.54 Å². The number of nitrogens with one attached hydrogen (secondary N) is 1. The molecule has 0 aromatic heterocycles. The van der Waals surface area contributed by atoms with E-state index in [9.17, 15) is 4.79 Å². The third kappa shape index (κ3) is 3.08. The van der Waals surface area contributed by atoms with Gasteiger partial charge in [0.1, 0.15) is 0 Å². The van der Waals surface area contributed by atoms with Crippen LogP contribution in [0.5, 0.6) is 0 Å². The Labute approximate surface area is 97.9 Å². The molecule has 1 N–H and O–H groups in total. The third-order valence-corrected chi connectivity index (χ3v) is 3.69. The molecule has 3 nitrogen and oxygen atoms in total. The van der Waals surface area contributed by atoms with Crippen LogP contribution in [0.15, 0.2) is 11.6 Å². The SMILES string of the molecule is CC1=CCN(C(=O)CNC2CCCC2)CC1. The molecule has 0 radical (unpaired) electrons. The molecule has 1 saturated carbocycles. The lowest BCUT2D eigenvalue weighted by Crippen LogP contribution is -2.42. The molecule has 1 heterocycles. The molecule has 3 heteroatoms. The quantitative estimate of drug-likeness (QED) is 0.737. The van der Waals surface area contributed by atoms with Crippen molar-refractivity contribution in [3.8, 4) is 0 Å². The van der Waals surface area contributed by atoms with Crippen molar-refractivity contribution in [1.82, 2.24) is 10.2 Å². The first-order valence-corrected chi connectivity index (χ1v) is 6.42. The Balaban J connectivity index is 1.71. The Morgan fingerprint density at radius 3 is 2.88 bits per heavy atom. The summed E-state index contributed by atoms with van der Waals surface area (Å²) < 4.78 is 0. The van der Waals surface area contributed by atoms with Gasteiger partial charge >= 0.3 is 0 Å². The van der Waals surface area contributed by atoms with Gasteiger partial charge in [0.15, 0.2) is 0 Å². The number of nitrogens with zero attached hydrogens (tertiary/aromatic N) is 1. The summed E-state index contributed by atoms with van der Waals surface area (Å²) in [7, 11) is 0. The van der Waals surface area contributed by atoms with Crippen LogP contribution in [0.2, 0.25) is 0 Å². The van der Waals surface area contributed by atoms with E-state index in [0.717, 1.165) is 19.5 Å². The monoisotopic (exact) mass is 222 g/mol. The molecule has 0 spiro atoms. The Bertz CT molecular complexity index is 280.